The van der Waals surface area contributed by atoms with Crippen LogP contribution in [-0.4, -0.2) is 59.7 Å². The zero-order valence-corrected chi connectivity index (χ0v) is 17.4. The molecule has 28 heavy (non-hydrogen) atoms. The zero-order valence-electron chi connectivity index (χ0n) is 16.6. The molecule has 0 spiro atoms. The van der Waals surface area contributed by atoms with Gasteiger partial charge in [0.15, 0.2) is 6.04 Å². The van der Waals surface area contributed by atoms with Gasteiger partial charge >= 0.3 is 6.18 Å². The van der Waals surface area contributed by atoms with Gasteiger partial charge in [-0.15, -0.1) is 0 Å². The maximum absolute atomic E-state index is 13.7. The number of hydrogen-bond donors (Lipinski definition) is 1. The Kier molecular flexibility index (Phi) is 5.72. The molecule has 1 aromatic heterocycles. The monoisotopic (exact) mass is 423 g/mol. The molecule has 0 radical (unpaired) electrons. The van der Waals surface area contributed by atoms with Crippen LogP contribution >= 0.6 is 0 Å². The summed E-state index contributed by atoms with van der Waals surface area (Å²) >= 11 is 0. The lowest BCUT2D eigenvalue weighted by Crippen LogP contribution is -2.44. The summed E-state index contributed by atoms with van der Waals surface area (Å²) in [6.45, 7) is 4.09. The molecule has 7 nitrogen and oxygen atoms in total. The smallest absolute Gasteiger partial charge is 0.367 e. The molecule has 1 N–H and O–H groups in total. The maximum Gasteiger partial charge on any atom is 0.410 e. The van der Waals surface area contributed by atoms with Crippen LogP contribution in [0.1, 0.15) is 57.3 Å². The minimum Gasteiger partial charge on any atom is -0.367 e. The van der Waals surface area contributed by atoms with Gasteiger partial charge in [0, 0.05) is 32.7 Å². The number of fused-ring (bicyclic) bond motifs is 1. The summed E-state index contributed by atoms with van der Waals surface area (Å²) in [6.07, 6.45) is -2.46. The molecule has 3 atom stereocenters. The fourth-order valence-corrected chi connectivity index (χ4v) is 5.22. The van der Waals surface area contributed by atoms with Crippen LogP contribution in [0.15, 0.2) is 6.07 Å². The van der Waals surface area contributed by atoms with Gasteiger partial charge in [-0.25, -0.2) is 4.68 Å². The lowest BCUT2D eigenvalue weighted by Gasteiger charge is -2.35. The average Bonchev–Trinajstić information content (AvgIpc) is 3.03. The fourth-order valence-electron chi connectivity index (χ4n) is 3.91. The van der Waals surface area contributed by atoms with Gasteiger partial charge < -0.3 is 5.32 Å². The molecule has 1 aromatic rings. The molecule has 0 bridgehead atoms. The first-order valence-corrected chi connectivity index (χ1v) is 10.9. The number of halogens is 3. The number of piperidine rings is 1. The summed E-state index contributed by atoms with van der Waals surface area (Å²) in [5.41, 5.74) is 0.367. The van der Waals surface area contributed by atoms with Crippen LogP contribution in [0.2, 0.25) is 0 Å². The Morgan fingerprint density at radius 2 is 1.96 bits per heavy atom. The number of nitrogens with one attached hydrogen (secondary N) is 1. The Balaban J connectivity index is 2.00. The zero-order chi connectivity index (χ0) is 20.9. The Bertz CT molecular complexity index is 806. The summed E-state index contributed by atoms with van der Waals surface area (Å²) in [7, 11) is -0.786. The van der Waals surface area contributed by atoms with E-state index >= 15 is 0 Å². The third-order valence-corrected chi connectivity index (χ3v) is 7.55. The first-order valence-electron chi connectivity index (χ1n) is 9.55. The van der Waals surface area contributed by atoms with Crippen LogP contribution in [0.5, 0.6) is 0 Å². The van der Waals surface area contributed by atoms with Gasteiger partial charge in [0.25, 0.3) is 10.2 Å². The summed E-state index contributed by atoms with van der Waals surface area (Å²) < 4.78 is 69.9. The van der Waals surface area contributed by atoms with E-state index in [9.17, 15) is 21.6 Å². The topological polar surface area (TPSA) is 70.5 Å². The van der Waals surface area contributed by atoms with Gasteiger partial charge in [0.2, 0.25) is 0 Å². The van der Waals surface area contributed by atoms with Gasteiger partial charge in [-0.05, 0) is 25.2 Å². The highest BCUT2D eigenvalue weighted by Crippen LogP contribution is 2.42. The van der Waals surface area contributed by atoms with Gasteiger partial charge in [-0.1, -0.05) is 20.3 Å². The van der Waals surface area contributed by atoms with Crippen molar-refractivity contribution in [3.63, 3.8) is 0 Å². The highest BCUT2D eigenvalue weighted by molar-refractivity contribution is 7.86. The molecule has 0 aromatic carbocycles. The van der Waals surface area contributed by atoms with E-state index in [1.165, 1.54) is 18.4 Å². The van der Waals surface area contributed by atoms with Gasteiger partial charge in [0.05, 0.1) is 11.7 Å². The SMILES string of the molecule is CC(C)[C@@H]1C[C@H](C(F)(F)F)n2nc([C@H]3CCCCN3S(=O)(=O)N(C)C)cc2N1. The molecule has 11 heteroatoms. The van der Waals surface area contributed by atoms with E-state index in [1.807, 2.05) is 13.8 Å². The second-order valence-corrected chi connectivity index (χ2v) is 10.2. The quantitative estimate of drug-likeness (QED) is 0.808. The van der Waals surface area contributed by atoms with Crippen LogP contribution in [-0.2, 0) is 10.2 Å². The number of hydrogen-bond acceptors (Lipinski definition) is 4. The third-order valence-electron chi connectivity index (χ3n) is 5.60. The molecule has 0 aliphatic carbocycles. The van der Waals surface area contributed by atoms with Crippen molar-refractivity contribution in [3.05, 3.63) is 11.8 Å². The van der Waals surface area contributed by atoms with E-state index in [1.54, 1.807) is 6.07 Å². The Morgan fingerprint density at radius 1 is 1.29 bits per heavy atom. The number of anilines is 1. The highest BCUT2D eigenvalue weighted by Gasteiger charge is 2.47. The molecular formula is C17H28F3N5O2S. The predicted octanol–water partition coefficient (Wildman–Crippen LogP) is 3.16. The van der Waals surface area contributed by atoms with E-state index in [2.05, 4.69) is 10.4 Å². The first kappa shape index (κ1) is 21.4. The molecule has 0 unspecified atom stereocenters. The fraction of sp³-hybridized carbons (Fsp3) is 0.824. The van der Waals surface area contributed by atoms with Gasteiger partial charge in [-0.3, -0.25) is 0 Å². The lowest BCUT2D eigenvalue weighted by molar-refractivity contribution is -0.174. The minimum atomic E-state index is -4.42. The van der Waals surface area contributed by atoms with Crippen molar-refractivity contribution in [1.82, 2.24) is 18.4 Å². The molecule has 0 saturated carbocycles. The lowest BCUT2D eigenvalue weighted by atomic mass is 9.94. The van der Waals surface area contributed by atoms with Gasteiger partial charge in [0.1, 0.15) is 5.82 Å². The van der Waals surface area contributed by atoms with Crippen LogP contribution in [0.25, 0.3) is 0 Å². The Hall–Kier alpha value is -1.33. The summed E-state index contributed by atoms with van der Waals surface area (Å²) in [5.74, 6) is 0.326. The van der Waals surface area contributed by atoms with E-state index in [0.29, 0.717) is 24.5 Å². The molecular weight excluding hydrogens is 395 g/mol. The highest BCUT2D eigenvalue weighted by atomic mass is 32.2. The maximum atomic E-state index is 13.7. The third kappa shape index (κ3) is 3.88. The molecule has 2 aliphatic heterocycles. The average molecular weight is 424 g/mol. The second-order valence-electron chi connectivity index (χ2n) is 8.10. The van der Waals surface area contributed by atoms with Crippen LogP contribution in [0, 0.1) is 5.92 Å². The van der Waals surface area contributed by atoms with E-state index in [0.717, 1.165) is 21.8 Å². The predicted molar refractivity (Wildman–Crippen MR) is 100 cm³/mol. The largest absolute Gasteiger partial charge is 0.410 e. The van der Waals surface area contributed by atoms with Crippen molar-refractivity contribution in [2.75, 3.05) is 26.0 Å². The van der Waals surface area contributed by atoms with E-state index in [4.69, 9.17) is 0 Å². The van der Waals surface area contributed by atoms with Crippen molar-refractivity contribution < 1.29 is 21.6 Å². The van der Waals surface area contributed by atoms with Crippen molar-refractivity contribution >= 4 is 16.0 Å². The first-order chi connectivity index (χ1) is 12.9. The summed E-state index contributed by atoms with van der Waals surface area (Å²) in [6, 6.07) is -1.02. The minimum absolute atomic E-state index is 0.0252. The molecule has 3 heterocycles. The Morgan fingerprint density at radius 3 is 2.54 bits per heavy atom. The van der Waals surface area contributed by atoms with Crippen molar-refractivity contribution in [1.29, 1.82) is 0 Å². The molecule has 3 rings (SSSR count). The van der Waals surface area contributed by atoms with Crippen molar-refractivity contribution in [3.8, 4) is 0 Å². The second kappa shape index (κ2) is 7.49. The van der Waals surface area contributed by atoms with Gasteiger partial charge in [-0.2, -0.15) is 35.3 Å². The van der Waals surface area contributed by atoms with Crippen LogP contribution in [0.4, 0.5) is 19.0 Å². The molecule has 0 amide bonds. The molecule has 160 valence electrons. The Labute approximate surface area is 164 Å². The number of rotatable bonds is 4. The van der Waals surface area contributed by atoms with Crippen molar-refractivity contribution in [2.24, 2.45) is 5.92 Å². The summed E-state index contributed by atoms with van der Waals surface area (Å²) in [5, 5.41) is 7.41. The number of alkyl halides is 3. The molecule has 1 fully saturated rings. The number of aromatic nitrogens is 2. The number of nitrogens with zero attached hydrogens (tertiary/aromatic N) is 4. The standard InChI is InChI=1S/C17H28F3N5O2S/c1-11(2)12-9-15(17(18,19)20)25-16(21-12)10-13(22-25)14-7-5-6-8-24(14)28(26,27)23(3)4/h10-12,14-15,21H,5-9H2,1-4H3/t12-,14+,15+/m0/s1. The van der Waals surface area contributed by atoms with E-state index < -0.39 is 28.5 Å². The molecule has 1 saturated heterocycles. The van der Waals surface area contributed by atoms with Crippen LogP contribution < -0.4 is 5.32 Å². The summed E-state index contributed by atoms with van der Waals surface area (Å²) in [4.78, 5) is 0. The normalized spacial score (nSPS) is 27.1. The van der Waals surface area contributed by atoms with Crippen LogP contribution in [0.3, 0.4) is 0 Å². The van der Waals surface area contributed by atoms with E-state index in [-0.39, 0.29) is 18.4 Å². The van der Waals surface area contributed by atoms with Crippen molar-refractivity contribution in [2.45, 2.75) is 63.8 Å². The molecule has 2 aliphatic rings.